The lowest BCUT2D eigenvalue weighted by Gasteiger charge is -2.26. The van der Waals surface area contributed by atoms with Crippen molar-refractivity contribution in [3.63, 3.8) is 0 Å². The van der Waals surface area contributed by atoms with Gasteiger partial charge in [0.05, 0.1) is 21.5 Å². The maximum atomic E-state index is 13.4. The highest BCUT2D eigenvalue weighted by atomic mass is 35.5. The van der Waals surface area contributed by atoms with E-state index in [-0.39, 0.29) is 15.5 Å². The summed E-state index contributed by atoms with van der Waals surface area (Å²) in [6.45, 7) is 1.69. The summed E-state index contributed by atoms with van der Waals surface area (Å²) in [5.41, 5.74) is 0.457. The normalized spacial score (nSPS) is 12.7. The van der Waals surface area contributed by atoms with Gasteiger partial charge in [0.25, 0.3) is 5.91 Å². The molecule has 0 bridgehead atoms. The summed E-state index contributed by atoms with van der Waals surface area (Å²) in [6, 6.07) is 6.68. The third-order valence-electron chi connectivity index (χ3n) is 3.83. The molecular formula is C16H15ClF2N2O3S. The fourth-order valence-corrected chi connectivity index (χ4v) is 2.96. The molecule has 0 aliphatic heterocycles. The van der Waals surface area contributed by atoms with Gasteiger partial charge in [-0.1, -0.05) is 23.7 Å². The van der Waals surface area contributed by atoms with Crippen LogP contribution in [0.4, 0.5) is 8.78 Å². The smallest absolute Gasteiger partial charge is 0.255 e. The molecule has 1 amide bonds. The van der Waals surface area contributed by atoms with E-state index in [9.17, 15) is 22.0 Å². The Morgan fingerprint density at radius 2 is 1.68 bits per heavy atom. The third kappa shape index (κ3) is 4.15. The fourth-order valence-electron chi connectivity index (χ4n) is 2.21. The van der Waals surface area contributed by atoms with Crippen molar-refractivity contribution in [1.82, 2.24) is 4.90 Å². The number of nitrogens with two attached hydrogens (primary N) is 1. The highest BCUT2D eigenvalue weighted by molar-refractivity contribution is 7.89. The van der Waals surface area contributed by atoms with Gasteiger partial charge in [0.2, 0.25) is 10.0 Å². The number of sulfonamides is 1. The molecular weight excluding hydrogens is 374 g/mol. The van der Waals surface area contributed by atoms with E-state index in [0.29, 0.717) is 5.56 Å². The second-order valence-corrected chi connectivity index (χ2v) is 7.42. The van der Waals surface area contributed by atoms with E-state index in [0.717, 1.165) is 12.1 Å². The fraction of sp³-hybridized carbons (Fsp3) is 0.188. The van der Waals surface area contributed by atoms with Crippen molar-refractivity contribution in [1.29, 1.82) is 0 Å². The summed E-state index contributed by atoms with van der Waals surface area (Å²) in [5, 5.41) is 4.84. The summed E-state index contributed by atoms with van der Waals surface area (Å²) in [5.74, 6) is -2.92. The molecule has 2 aromatic carbocycles. The van der Waals surface area contributed by atoms with Crippen LogP contribution in [0.15, 0.2) is 41.3 Å². The first kappa shape index (κ1) is 19.3. The van der Waals surface area contributed by atoms with Crippen molar-refractivity contribution in [2.75, 3.05) is 7.05 Å². The van der Waals surface area contributed by atoms with Gasteiger partial charge in [-0.05, 0) is 36.8 Å². The van der Waals surface area contributed by atoms with Crippen LogP contribution in [-0.4, -0.2) is 26.3 Å². The minimum Gasteiger partial charge on any atom is -0.335 e. The molecule has 5 nitrogen and oxygen atoms in total. The SMILES string of the molecule is C[C@@H](c1ccc(S(N)(=O)=O)cc1)N(C)C(=O)c1cc(F)c(F)cc1Cl. The van der Waals surface area contributed by atoms with Gasteiger partial charge in [0.15, 0.2) is 11.6 Å². The van der Waals surface area contributed by atoms with Gasteiger partial charge in [-0.3, -0.25) is 4.79 Å². The van der Waals surface area contributed by atoms with Gasteiger partial charge in [0, 0.05) is 7.05 Å². The molecule has 0 radical (unpaired) electrons. The number of hydrogen-bond donors (Lipinski definition) is 1. The Bertz CT molecular complexity index is 918. The molecule has 0 aliphatic carbocycles. The Balaban J connectivity index is 2.29. The molecule has 0 saturated carbocycles. The summed E-state index contributed by atoms with van der Waals surface area (Å²) in [6.07, 6.45) is 0. The van der Waals surface area contributed by atoms with E-state index in [1.165, 1.54) is 36.2 Å². The van der Waals surface area contributed by atoms with Crippen LogP contribution in [0.5, 0.6) is 0 Å². The number of hydrogen-bond acceptors (Lipinski definition) is 3. The van der Waals surface area contributed by atoms with Crippen LogP contribution in [0.2, 0.25) is 5.02 Å². The van der Waals surface area contributed by atoms with Gasteiger partial charge in [-0.25, -0.2) is 22.3 Å². The van der Waals surface area contributed by atoms with Crippen molar-refractivity contribution < 1.29 is 22.0 Å². The summed E-state index contributed by atoms with van der Waals surface area (Å²) < 4.78 is 49.1. The molecule has 0 unspecified atom stereocenters. The zero-order valence-electron chi connectivity index (χ0n) is 13.3. The van der Waals surface area contributed by atoms with E-state index < -0.39 is 33.6 Å². The summed E-state index contributed by atoms with van der Waals surface area (Å²) in [4.78, 5) is 13.7. The molecule has 0 aliphatic rings. The molecule has 0 fully saturated rings. The van der Waals surface area contributed by atoms with E-state index in [2.05, 4.69) is 0 Å². The van der Waals surface area contributed by atoms with Crippen LogP contribution in [0.3, 0.4) is 0 Å². The Hall–Kier alpha value is -2.03. The van der Waals surface area contributed by atoms with Crippen LogP contribution in [0, 0.1) is 11.6 Å². The van der Waals surface area contributed by atoms with Crippen molar-refractivity contribution in [3.8, 4) is 0 Å². The minimum atomic E-state index is -3.81. The number of carbonyl (C=O) groups excluding carboxylic acids is 1. The van der Waals surface area contributed by atoms with Crippen LogP contribution in [0.1, 0.15) is 28.9 Å². The van der Waals surface area contributed by atoms with Gasteiger partial charge in [-0.15, -0.1) is 0 Å². The third-order valence-corrected chi connectivity index (χ3v) is 5.07. The maximum Gasteiger partial charge on any atom is 0.255 e. The molecule has 134 valence electrons. The first-order valence-corrected chi connectivity index (χ1v) is 8.99. The van der Waals surface area contributed by atoms with Gasteiger partial charge in [0.1, 0.15) is 0 Å². The van der Waals surface area contributed by atoms with Crippen molar-refractivity contribution in [2.45, 2.75) is 17.9 Å². The van der Waals surface area contributed by atoms with Crippen molar-refractivity contribution >= 4 is 27.5 Å². The molecule has 0 heterocycles. The quantitative estimate of drug-likeness (QED) is 0.817. The number of amides is 1. The number of halogens is 3. The van der Waals surface area contributed by atoms with E-state index in [4.69, 9.17) is 16.7 Å². The lowest BCUT2D eigenvalue weighted by molar-refractivity contribution is 0.0742. The number of carbonyl (C=O) groups is 1. The Labute approximate surface area is 149 Å². The first-order chi connectivity index (χ1) is 11.5. The van der Waals surface area contributed by atoms with Gasteiger partial charge >= 0.3 is 0 Å². The Morgan fingerprint density at radius 3 is 2.20 bits per heavy atom. The van der Waals surface area contributed by atoms with Crippen molar-refractivity contribution in [2.24, 2.45) is 5.14 Å². The molecule has 0 spiro atoms. The maximum absolute atomic E-state index is 13.4. The molecule has 25 heavy (non-hydrogen) atoms. The monoisotopic (exact) mass is 388 g/mol. The summed E-state index contributed by atoms with van der Waals surface area (Å²) >= 11 is 5.83. The topological polar surface area (TPSA) is 80.5 Å². The van der Waals surface area contributed by atoms with Crippen LogP contribution in [0.25, 0.3) is 0 Å². The molecule has 0 saturated heterocycles. The highest BCUT2D eigenvalue weighted by Gasteiger charge is 2.23. The second-order valence-electron chi connectivity index (χ2n) is 5.45. The number of benzene rings is 2. The van der Waals surface area contributed by atoms with Gasteiger partial charge in [-0.2, -0.15) is 0 Å². The predicted molar refractivity (Wildman–Crippen MR) is 89.7 cm³/mol. The molecule has 0 aromatic heterocycles. The van der Waals surface area contributed by atoms with Crippen LogP contribution >= 0.6 is 11.6 Å². The standard InChI is InChI=1S/C16H15ClF2N2O3S/c1-9(10-3-5-11(6-4-10)25(20,23)24)21(2)16(22)12-7-14(18)15(19)8-13(12)17/h3-9H,1-2H3,(H2,20,23,24)/t9-/m0/s1. The average molecular weight is 389 g/mol. The summed E-state index contributed by atoms with van der Waals surface area (Å²) in [7, 11) is -2.34. The predicted octanol–water partition coefficient (Wildman–Crippen LogP) is 3.10. The second kappa shape index (κ2) is 7.07. The molecule has 9 heteroatoms. The molecule has 1 atom stereocenters. The van der Waals surface area contributed by atoms with E-state index in [1.807, 2.05) is 0 Å². The minimum absolute atomic E-state index is 0.0546. The number of rotatable bonds is 4. The molecule has 2 rings (SSSR count). The zero-order valence-corrected chi connectivity index (χ0v) is 14.9. The van der Waals surface area contributed by atoms with Gasteiger partial charge < -0.3 is 4.90 Å². The number of nitrogens with zero attached hydrogens (tertiary/aromatic N) is 1. The Morgan fingerprint density at radius 1 is 1.16 bits per heavy atom. The van der Waals surface area contributed by atoms with Crippen molar-refractivity contribution in [3.05, 3.63) is 64.2 Å². The van der Waals surface area contributed by atoms with E-state index in [1.54, 1.807) is 6.92 Å². The Kier molecular flexibility index (Phi) is 5.46. The lowest BCUT2D eigenvalue weighted by Crippen LogP contribution is -2.30. The zero-order chi connectivity index (χ0) is 18.9. The highest BCUT2D eigenvalue weighted by Crippen LogP contribution is 2.26. The van der Waals surface area contributed by atoms with Crippen LogP contribution < -0.4 is 5.14 Å². The molecule has 2 N–H and O–H groups in total. The van der Waals surface area contributed by atoms with E-state index >= 15 is 0 Å². The lowest BCUT2D eigenvalue weighted by atomic mass is 10.1. The average Bonchev–Trinajstić information content (AvgIpc) is 2.55. The number of primary sulfonamides is 1. The first-order valence-electron chi connectivity index (χ1n) is 7.07. The largest absolute Gasteiger partial charge is 0.335 e. The molecule has 2 aromatic rings. The van der Waals surface area contributed by atoms with Crippen LogP contribution in [-0.2, 0) is 10.0 Å².